The predicted octanol–water partition coefficient (Wildman–Crippen LogP) is 3.42. The Morgan fingerprint density at radius 3 is 2.76 bits per heavy atom. The van der Waals surface area contributed by atoms with Gasteiger partial charge in [0.15, 0.2) is 0 Å². The SMILES string of the molecule is COC[C@@H](O)CN(C)c1ncnc2scc(-c3ccc(C)c(C)c3)c12. The third kappa shape index (κ3) is 3.66. The summed E-state index contributed by atoms with van der Waals surface area (Å²) in [7, 11) is 3.52. The van der Waals surface area contributed by atoms with E-state index in [-0.39, 0.29) is 0 Å². The Morgan fingerprint density at radius 1 is 1.24 bits per heavy atom. The van der Waals surface area contributed by atoms with Crippen LogP contribution in [0.5, 0.6) is 0 Å². The first-order valence-corrected chi connectivity index (χ1v) is 9.07. The van der Waals surface area contributed by atoms with Crippen LogP contribution < -0.4 is 4.90 Å². The molecule has 132 valence electrons. The third-order valence-corrected chi connectivity index (χ3v) is 5.26. The van der Waals surface area contributed by atoms with Crippen molar-refractivity contribution < 1.29 is 9.84 Å². The van der Waals surface area contributed by atoms with Crippen LogP contribution in [0.2, 0.25) is 0 Å². The highest BCUT2D eigenvalue weighted by molar-refractivity contribution is 7.17. The van der Waals surface area contributed by atoms with E-state index in [1.54, 1.807) is 24.8 Å². The van der Waals surface area contributed by atoms with E-state index in [2.05, 4.69) is 47.4 Å². The number of aliphatic hydroxyl groups is 1. The molecule has 0 fully saturated rings. The minimum atomic E-state index is -0.566. The molecule has 0 radical (unpaired) electrons. The summed E-state index contributed by atoms with van der Waals surface area (Å²) in [4.78, 5) is 11.8. The van der Waals surface area contributed by atoms with Gasteiger partial charge < -0.3 is 14.7 Å². The fourth-order valence-corrected chi connectivity index (χ4v) is 3.83. The number of ether oxygens (including phenoxy) is 1. The third-order valence-electron chi connectivity index (χ3n) is 4.37. The number of fused-ring (bicyclic) bond motifs is 1. The van der Waals surface area contributed by atoms with Crippen LogP contribution in [-0.2, 0) is 4.74 Å². The van der Waals surface area contributed by atoms with Gasteiger partial charge in [0.25, 0.3) is 0 Å². The van der Waals surface area contributed by atoms with Gasteiger partial charge in [-0.25, -0.2) is 9.97 Å². The molecule has 0 unspecified atom stereocenters. The molecule has 1 atom stereocenters. The van der Waals surface area contributed by atoms with Gasteiger partial charge in [-0.3, -0.25) is 0 Å². The van der Waals surface area contributed by atoms with Crippen molar-refractivity contribution in [2.75, 3.05) is 32.2 Å². The van der Waals surface area contributed by atoms with E-state index in [1.165, 1.54) is 11.1 Å². The molecule has 0 aliphatic carbocycles. The predicted molar refractivity (Wildman–Crippen MR) is 103 cm³/mol. The quantitative estimate of drug-likeness (QED) is 0.732. The number of nitrogens with zero attached hydrogens (tertiary/aromatic N) is 3. The van der Waals surface area contributed by atoms with Gasteiger partial charge in [0.1, 0.15) is 17.0 Å². The second-order valence-corrected chi connectivity index (χ2v) is 7.17. The molecule has 0 aliphatic rings. The fraction of sp³-hybridized carbons (Fsp3) is 0.368. The Morgan fingerprint density at radius 2 is 2.04 bits per heavy atom. The summed E-state index contributed by atoms with van der Waals surface area (Å²) in [6.07, 6.45) is 1.01. The number of likely N-dealkylation sites (N-methyl/N-ethyl adjacent to an activating group) is 1. The average molecular weight is 357 g/mol. The van der Waals surface area contributed by atoms with Gasteiger partial charge in [0.2, 0.25) is 0 Å². The van der Waals surface area contributed by atoms with Gasteiger partial charge >= 0.3 is 0 Å². The molecule has 3 rings (SSSR count). The number of thiophene rings is 1. The van der Waals surface area contributed by atoms with Crippen molar-refractivity contribution in [1.82, 2.24) is 9.97 Å². The Bertz CT molecular complexity index is 878. The van der Waals surface area contributed by atoms with Crippen molar-refractivity contribution in [2.45, 2.75) is 20.0 Å². The molecule has 1 N–H and O–H groups in total. The van der Waals surface area contributed by atoms with Crippen molar-refractivity contribution in [3.8, 4) is 11.1 Å². The molecule has 0 saturated carbocycles. The smallest absolute Gasteiger partial charge is 0.141 e. The highest BCUT2D eigenvalue weighted by atomic mass is 32.1. The number of aromatic nitrogens is 2. The monoisotopic (exact) mass is 357 g/mol. The lowest BCUT2D eigenvalue weighted by Crippen LogP contribution is -2.32. The molecule has 0 saturated heterocycles. The molecular weight excluding hydrogens is 334 g/mol. The van der Waals surface area contributed by atoms with Crippen LogP contribution >= 0.6 is 11.3 Å². The Hall–Kier alpha value is -2.02. The number of aliphatic hydroxyl groups excluding tert-OH is 1. The number of aryl methyl sites for hydroxylation is 2. The second kappa shape index (κ2) is 7.47. The van der Waals surface area contributed by atoms with E-state index in [4.69, 9.17) is 4.74 Å². The zero-order chi connectivity index (χ0) is 18.0. The summed E-state index contributed by atoms with van der Waals surface area (Å²) in [6.45, 7) is 4.98. The first kappa shape index (κ1) is 17.8. The molecule has 0 bridgehead atoms. The zero-order valence-corrected chi connectivity index (χ0v) is 15.8. The summed E-state index contributed by atoms with van der Waals surface area (Å²) in [5.41, 5.74) is 4.83. The minimum Gasteiger partial charge on any atom is -0.389 e. The first-order chi connectivity index (χ1) is 12.0. The molecule has 25 heavy (non-hydrogen) atoms. The minimum absolute atomic E-state index is 0.298. The normalized spacial score (nSPS) is 12.5. The largest absolute Gasteiger partial charge is 0.389 e. The van der Waals surface area contributed by atoms with Crippen LogP contribution in [-0.4, -0.2) is 48.5 Å². The summed E-state index contributed by atoms with van der Waals surface area (Å²) >= 11 is 1.61. The van der Waals surface area contributed by atoms with Crippen molar-refractivity contribution in [1.29, 1.82) is 0 Å². The highest BCUT2D eigenvalue weighted by Gasteiger charge is 2.18. The van der Waals surface area contributed by atoms with Crippen molar-refractivity contribution in [2.24, 2.45) is 0 Å². The van der Waals surface area contributed by atoms with Crippen LogP contribution in [0.25, 0.3) is 21.3 Å². The summed E-state index contributed by atoms with van der Waals surface area (Å²) in [6, 6.07) is 6.48. The standard InChI is InChI=1S/C19H23N3O2S/c1-12-5-6-14(7-13(12)2)16-10-25-19-17(16)18(20-11-21-19)22(3)8-15(23)9-24-4/h5-7,10-11,15,23H,8-9H2,1-4H3/t15-/m0/s1. The molecule has 2 heterocycles. The molecular formula is C19H23N3O2S. The topological polar surface area (TPSA) is 58.5 Å². The van der Waals surface area contributed by atoms with Gasteiger partial charge in [-0.1, -0.05) is 18.2 Å². The Balaban J connectivity index is 2.05. The fourth-order valence-electron chi connectivity index (χ4n) is 2.92. The van der Waals surface area contributed by atoms with Crippen LogP contribution in [0.15, 0.2) is 29.9 Å². The van der Waals surface area contributed by atoms with Crippen molar-refractivity contribution in [3.63, 3.8) is 0 Å². The lowest BCUT2D eigenvalue weighted by molar-refractivity contribution is 0.0694. The van der Waals surface area contributed by atoms with Gasteiger partial charge in [-0.05, 0) is 30.5 Å². The number of hydrogen-bond acceptors (Lipinski definition) is 6. The van der Waals surface area contributed by atoms with Crippen molar-refractivity contribution in [3.05, 3.63) is 41.0 Å². The Labute approximate surface area is 151 Å². The molecule has 5 nitrogen and oxygen atoms in total. The number of benzene rings is 1. The summed E-state index contributed by atoms with van der Waals surface area (Å²) < 4.78 is 5.02. The number of anilines is 1. The maximum Gasteiger partial charge on any atom is 0.141 e. The number of methoxy groups -OCH3 is 1. The molecule has 3 aromatic rings. The van der Waals surface area contributed by atoms with Gasteiger partial charge in [0, 0.05) is 31.6 Å². The van der Waals surface area contributed by atoms with E-state index in [0.29, 0.717) is 13.2 Å². The van der Waals surface area contributed by atoms with E-state index in [0.717, 1.165) is 27.2 Å². The van der Waals surface area contributed by atoms with Gasteiger partial charge in [-0.15, -0.1) is 11.3 Å². The highest BCUT2D eigenvalue weighted by Crippen LogP contribution is 2.38. The van der Waals surface area contributed by atoms with Crippen molar-refractivity contribution >= 4 is 27.4 Å². The maximum absolute atomic E-state index is 10.0. The number of rotatable bonds is 6. The first-order valence-electron chi connectivity index (χ1n) is 8.19. The zero-order valence-electron chi connectivity index (χ0n) is 15.0. The molecule has 1 aromatic carbocycles. The van der Waals surface area contributed by atoms with Crippen LogP contribution in [0.4, 0.5) is 5.82 Å². The average Bonchev–Trinajstić information content (AvgIpc) is 3.01. The van der Waals surface area contributed by atoms with E-state index in [1.807, 2.05) is 11.9 Å². The van der Waals surface area contributed by atoms with Crippen LogP contribution in [0, 0.1) is 13.8 Å². The van der Waals surface area contributed by atoms with E-state index in [9.17, 15) is 5.11 Å². The molecule has 6 heteroatoms. The van der Waals surface area contributed by atoms with Gasteiger partial charge in [-0.2, -0.15) is 0 Å². The molecule has 0 amide bonds. The van der Waals surface area contributed by atoms with Crippen LogP contribution in [0.3, 0.4) is 0 Å². The van der Waals surface area contributed by atoms with E-state index < -0.39 is 6.10 Å². The summed E-state index contributed by atoms with van der Waals surface area (Å²) in [5.74, 6) is 0.828. The Kier molecular flexibility index (Phi) is 5.32. The van der Waals surface area contributed by atoms with E-state index >= 15 is 0 Å². The lowest BCUT2D eigenvalue weighted by atomic mass is 10.0. The lowest BCUT2D eigenvalue weighted by Gasteiger charge is -2.22. The van der Waals surface area contributed by atoms with Crippen LogP contribution in [0.1, 0.15) is 11.1 Å². The molecule has 0 aliphatic heterocycles. The second-order valence-electron chi connectivity index (χ2n) is 6.32. The molecule has 2 aromatic heterocycles. The maximum atomic E-state index is 10.0. The molecule has 0 spiro atoms. The number of hydrogen-bond donors (Lipinski definition) is 1. The summed E-state index contributed by atoms with van der Waals surface area (Å²) in [5, 5.41) is 13.2. The van der Waals surface area contributed by atoms with Gasteiger partial charge in [0.05, 0.1) is 18.1 Å².